The topological polar surface area (TPSA) is 89.3 Å². The first-order chi connectivity index (χ1) is 14.1. The van der Waals surface area contributed by atoms with Gasteiger partial charge in [-0.2, -0.15) is 5.10 Å². The monoisotopic (exact) mass is 412 g/mol. The minimum absolute atomic E-state index is 0.249. The summed E-state index contributed by atoms with van der Waals surface area (Å²) in [6.07, 6.45) is 3.32. The molecule has 1 aromatic carbocycles. The molecular weight excluding hydrogens is 388 g/mol. The summed E-state index contributed by atoms with van der Waals surface area (Å²) in [5.41, 5.74) is 6.26. The molecule has 2 aromatic rings. The number of nitrogens with zero attached hydrogens (tertiary/aromatic N) is 5. The van der Waals surface area contributed by atoms with Crippen LogP contribution in [-0.4, -0.2) is 62.5 Å². The highest BCUT2D eigenvalue weighted by atomic mass is 35.5. The molecule has 0 saturated carbocycles. The van der Waals surface area contributed by atoms with Crippen LogP contribution in [0.4, 0.5) is 11.4 Å². The van der Waals surface area contributed by atoms with Crippen molar-refractivity contribution in [3.8, 4) is 0 Å². The smallest absolute Gasteiger partial charge is 0.237 e. The number of guanidine groups is 1. The number of likely N-dealkylation sites (N-methyl/N-ethyl adjacent to an activating group) is 1. The standard InChI is InChI=1S/C20H25ClN8/c1-22-20(23-2)28-26-12-15-4-5-16(11-25-15)27-14-6-7-17(18(21)10-14)19-13-29(3)9-8-24-19/h4-7,10-12,19,24,27H,1,8-9,13H2,2-3H3,(H,23,28)/b26-12+. The van der Waals surface area contributed by atoms with Crippen LogP contribution in [-0.2, 0) is 0 Å². The van der Waals surface area contributed by atoms with Gasteiger partial charge in [-0.15, -0.1) is 0 Å². The lowest BCUT2D eigenvalue weighted by molar-refractivity contribution is 0.241. The molecule has 0 bridgehead atoms. The Kier molecular flexibility index (Phi) is 7.29. The highest BCUT2D eigenvalue weighted by molar-refractivity contribution is 6.31. The summed E-state index contributed by atoms with van der Waals surface area (Å²) in [5, 5.41) is 11.6. The number of rotatable bonds is 5. The van der Waals surface area contributed by atoms with Gasteiger partial charge in [-0.3, -0.25) is 9.98 Å². The van der Waals surface area contributed by atoms with E-state index in [4.69, 9.17) is 11.6 Å². The van der Waals surface area contributed by atoms with Gasteiger partial charge < -0.3 is 15.5 Å². The van der Waals surface area contributed by atoms with Gasteiger partial charge >= 0.3 is 0 Å². The summed E-state index contributed by atoms with van der Waals surface area (Å²) in [4.78, 5) is 14.2. The molecule has 0 aliphatic carbocycles. The zero-order valence-corrected chi connectivity index (χ0v) is 17.3. The van der Waals surface area contributed by atoms with E-state index in [9.17, 15) is 0 Å². The van der Waals surface area contributed by atoms with Crippen molar-refractivity contribution in [2.24, 2.45) is 15.1 Å². The number of benzene rings is 1. The van der Waals surface area contributed by atoms with Gasteiger partial charge in [0.15, 0.2) is 0 Å². The molecule has 0 spiro atoms. The zero-order valence-electron chi connectivity index (χ0n) is 16.6. The van der Waals surface area contributed by atoms with Crippen molar-refractivity contribution in [1.82, 2.24) is 20.6 Å². The van der Waals surface area contributed by atoms with Crippen LogP contribution in [0.15, 0.2) is 51.6 Å². The zero-order chi connectivity index (χ0) is 20.6. The van der Waals surface area contributed by atoms with Gasteiger partial charge in [-0.05, 0) is 43.6 Å². The molecule has 1 saturated heterocycles. The number of hydrogen-bond acceptors (Lipinski definition) is 6. The molecule has 0 amide bonds. The summed E-state index contributed by atoms with van der Waals surface area (Å²) < 4.78 is 0. The lowest BCUT2D eigenvalue weighted by Gasteiger charge is -2.31. The van der Waals surface area contributed by atoms with E-state index in [1.165, 1.54) is 0 Å². The van der Waals surface area contributed by atoms with Crippen LogP contribution in [0, 0.1) is 0 Å². The summed E-state index contributed by atoms with van der Waals surface area (Å²) >= 11 is 6.55. The highest BCUT2D eigenvalue weighted by Crippen LogP contribution is 2.29. The van der Waals surface area contributed by atoms with E-state index in [-0.39, 0.29) is 6.04 Å². The molecule has 2 heterocycles. The Morgan fingerprint density at radius 2 is 2.17 bits per heavy atom. The Morgan fingerprint density at radius 3 is 2.83 bits per heavy atom. The lowest BCUT2D eigenvalue weighted by Crippen LogP contribution is -2.43. The van der Waals surface area contributed by atoms with E-state index in [0.29, 0.717) is 11.7 Å². The van der Waals surface area contributed by atoms with Gasteiger partial charge in [0.05, 0.1) is 23.8 Å². The summed E-state index contributed by atoms with van der Waals surface area (Å²) in [6.45, 7) is 6.36. The van der Waals surface area contributed by atoms with E-state index < -0.39 is 0 Å². The van der Waals surface area contributed by atoms with Crippen molar-refractivity contribution in [3.05, 3.63) is 52.8 Å². The van der Waals surface area contributed by atoms with Crippen molar-refractivity contribution in [3.63, 3.8) is 0 Å². The molecule has 1 atom stereocenters. The SMILES string of the molecule is C=NC(=NC)N/N=C/c1ccc(Nc2ccc(C3CN(C)CCN3)c(Cl)c2)cn1. The predicted octanol–water partition coefficient (Wildman–Crippen LogP) is 2.66. The van der Waals surface area contributed by atoms with Crippen LogP contribution < -0.4 is 16.1 Å². The minimum atomic E-state index is 0.249. The molecular formula is C20H25ClN8. The molecule has 1 fully saturated rings. The van der Waals surface area contributed by atoms with E-state index in [2.05, 4.69) is 60.9 Å². The molecule has 8 nitrogen and oxygen atoms in total. The first-order valence-corrected chi connectivity index (χ1v) is 9.64. The summed E-state index contributed by atoms with van der Waals surface area (Å²) in [6, 6.07) is 10.1. The Balaban J connectivity index is 1.62. The molecule has 0 radical (unpaired) electrons. The third-order valence-corrected chi connectivity index (χ3v) is 4.88. The van der Waals surface area contributed by atoms with E-state index in [0.717, 1.165) is 41.6 Å². The van der Waals surface area contributed by atoms with Crippen LogP contribution in [0.5, 0.6) is 0 Å². The fraction of sp³-hybridized carbons (Fsp3) is 0.300. The number of pyridine rings is 1. The van der Waals surface area contributed by atoms with E-state index in [1.807, 2.05) is 24.3 Å². The molecule has 1 aromatic heterocycles. The van der Waals surface area contributed by atoms with Crippen molar-refractivity contribution >= 4 is 41.9 Å². The number of halogens is 1. The largest absolute Gasteiger partial charge is 0.354 e. The van der Waals surface area contributed by atoms with Crippen LogP contribution >= 0.6 is 11.6 Å². The van der Waals surface area contributed by atoms with Gasteiger partial charge in [0, 0.05) is 43.4 Å². The molecule has 9 heteroatoms. The molecule has 1 aliphatic rings. The Morgan fingerprint density at radius 1 is 1.34 bits per heavy atom. The van der Waals surface area contributed by atoms with Crippen LogP contribution in [0.25, 0.3) is 0 Å². The van der Waals surface area contributed by atoms with Gasteiger partial charge in [-0.1, -0.05) is 17.7 Å². The first kappa shape index (κ1) is 20.9. The number of anilines is 2. The third kappa shape index (κ3) is 5.83. The number of hydrogen-bond donors (Lipinski definition) is 3. The predicted molar refractivity (Wildman–Crippen MR) is 121 cm³/mol. The van der Waals surface area contributed by atoms with E-state index in [1.54, 1.807) is 19.5 Å². The Hall–Kier alpha value is -2.81. The number of piperazine rings is 1. The maximum Gasteiger partial charge on any atom is 0.237 e. The van der Waals surface area contributed by atoms with Crippen molar-refractivity contribution in [1.29, 1.82) is 0 Å². The molecule has 1 aliphatic heterocycles. The van der Waals surface area contributed by atoms with Gasteiger partial charge in [0.2, 0.25) is 5.96 Å². The normalized spacial score (nSPS) is 18.0. The highest BCUT2D eigenvalue weighted by Gasteiger charge is 2.20. The van der Waals surface area contributed by atoms with E-state index >= 15 is 0 Å². The number of aromatic nitrogens is 1. The molecule has 29 heavy (non-hydrogen) atoms. The van der Waals surface area contributed by atoms with Crippen LogP contribution in [0.3, 0.4) is 0 Å². The lowest BCUT2D eigenvalue weighted by atomic mass is 10.0. The van der Waals surface area contributed by atoms with Crippen molar-refractivity contribution in [2.45, 2.75) is 6.04 Å². The molecule has 3 rings (SSSR count). The summed E-state index contributed by atoms with van der Waals surface area (Å²) in [5.74, 6) is 0.343. The van der Waals surface area contributed by atoms with Crippen molar-refractivity contribution < 1.29 is 0 Å². The fourth-order valence-electron chi connectivity index (χ4n) is 3.03. The average molecular weight is 413 g/mol. The number of nitrogens with one attached hydrogen (secondary N) is 3. The van der Waals surface area contributed by atoms with Crippen LogP contribution in [0.1, 0.15) is 17.3 Å². The van der Waals surface area contributed by atoms with Gasteiger partial charge in [0.25, 0.3) is 0 Å². The first-order valence-electron chi connectivity index (χ1n) is 9.26. The number of aliphatic imine (C=N–C) groups is 2. The van der Waals surface area contributed by atoms with Crippen LogP contribution in [0.2, 0.25) is 5.02 Å². The summed E-state index contributed by atoms with van der Waals surface area (Å²) in [7, 11) is 3.73. The Bertz CT molecular complexity index is 894. The quantitative estimate of drug-likeness (QED) is 0.399. The molecule has 3 N–H and O–H groups in total. The van der Waals surface area contributed by atoms with Gasteiger partial charge in [0.1, 0.15) is 0 Å². The second kappa shape index (κ2) is 10.1. The Labute approximate surface area is 175 Å². The maximum atomic E-state index is 6.55. The van der Waals surface area contributed by atoms with Crippen molar-refractivity contribution in [2.75, 3.05) is 39.0 Å². The second-order valence-corrected chi connectivity index (χ2v) is 7.08. The molecule has 152 valence electrons. The maximum absolute atomic E-state index is 6.55. The third-order valence-electron chi connectivity index (χ3n) is 4.55. The minimum Gasteiger partial charge on any atom is -0.354 e. The molecule has 1 unspecified atom stereocenters. The average Bonchev–Trinajstić information content (AvgIpc) is 2.72. The second-order valence-electron chi connectivity index (χ2n) is 6.68. The fourth-order valence-corrected chi connectivity index (χ4v) is 3.34. The van der Waals surface area contributed by atoms with Gasteiger partial charge in [-0.25, -0.2) is 10.4 Å². The number of hydrazone groups is 1.